The maximum absolute atomic E-state index is 14.2. The molecule has 0 spiro atoms. The molecule has 0 saturated carbocycles. The van der Waals surface area contributed by atoms with Crippen LogP contribution in [0.2, 0.25) is 0 Å². The number of halogens is 3. The minimum Gasteiger partial charge on any atom is -0.496 e. The minimum absolute atomic E-state index is 0.0350. The van der Waals surface area contributed by atoms with Crippen LogP contribution < -0.4 is 10.1 Å². The summed E-state index contributed by atoms with van der Waals surface area (Å²) in [4.78, 5) is 12.1. The molecule has 1 N–H and O–H groups in total. The molecule has 31 heavy (non-hydrogen) atoms. The zero-order valence-corrected chi connectivity index (χ0v) is 17.1. The first-order chi connectivity index (χ1) is 14.7. The Hall–Kier alpha value is -3.72. The summed E-state index contributed by atoms with van der Waals surface area (Å²) in [5, 5.41) is 11.3. The molecule has 3 rings (SSSR count). The topological polar surface area (TPSA) is 113 Å². The van der Waals surface area contributed by atoms with Crippen molar-refractivity contribution in [2.24, 2.45) is 4.36 Å². The predicted molar refractivity (Wildman–Crippen MR) is 107 cm³/mol. The molecule has 160 valence electrons. The van der Waals surface area contributed by atoms with Gasteiger partial charge < -0.3 is 10.1 Å². The van der Waals surface area contributed by atoms with Crippen molar-refractivity contribution in [3.63, 3.8) is 0 Å². The Morgan fingerprint density at radius 2 is 2.00 bits per heavy atom. The highest BCUT2D eigenvalue weighted by atomic mass is 32.2. The van der Waals surface area contributed by atoms with E-state index in [1.807, 2.05) is 0 Å². The number of nitriles is 1. The van der Waals surface area contributed by atoms with E-state index in [-0.39, 0.29) is 28.6 Å². The summed E-state index contributed by atoms with van der Waals surface area (Å²) in [7, 11) is -1.67. The third kappa shape index (κ3) is 5.26. The normalized spacial score (nSPS) is 12.5. The van der Waals surface area contributed by atoms with E-state index in [0.29, 0.717) is 5.75 Å². The smallest absolute Gasteiger partial charge is 0.230 e. The molecule has 0 aliphatic rings. The van der Waals surface area contributed by atoms with E-state index < -0.39 is 32.9 Å². The first-order valence-electron chi connectivity index (χ1n) is 8.58. The highest BCUT2D eigenvalue weighted by Gasteiger charge is 2.16. The SMILES string of the molecule is COc1ccc(F)cc1-c1ncnc(Nc2cc(F)c(F)c(CS(C)(=O)=NC#N)c2)n1. The number of ether oxygens (including phenoxy) is 1. The Bertz CT molecular complexity index is 1300. The van der Waals surface area contributed by atoms with Gasteiger partial charge in [0, 0.05) is 23.6 Å². The van der Waals surface area contributed by atoms with E-state index >= 15 is 0 Å². The molecular formula is C19H15F3N6O2S. The second-order valence-electron chi connectivity index (χ2n) is 6.33. The van der Waals surface area contributed by atoms with Crippen LogP contribution in [0.3, 0.4) is 0 Å². The number of rotatable bonds is 6. The number of nitrogens with zero attached hydrogens (tertiary/aromatic N) is 5. The zero-order chi connectivity index (χ0) is 22.6. The minimum atomic E-state index is -3.08. The molecule has 0 aliphatic heterocycles. The molecule has 0 amide bonds. The van der Waals surface area contributed by atoms with Crippen LogP contribution in [0.1, 0.15) is 5.56 Å². The molecule has 12 heteroatoms. The molecular weight excluding hydrogens is 433 g/mol. The van der Waals surface area contributed by atoms with Gasteiger partial charge in [-0.3, -0.25) is 0 Å². The molecule has 1 unspecified atom stereocenters. The van der Waals surface area contributed by atoms with E-state index in [0.717, 1.165) is 18.6 Å². The zero-order valence-electron chi connectivity index (χ0n) is 16.3. The summed E-state index contributed by atoms with van der Waals surface area (Å²) in [5.74, 6) is -3.02. The Kier molecular flexibility index (Phi) is 6.36. The quantitative estimate of drug-likeness (QED) is 0.571. The molecule has 0 fully saturated rings. The summed E-state index contributed by atoms with van der Waals surface area (Å²) in [6.45, 7) is 0. The Morgan fingerprint density at radius 1 is 1.23 bits per heavy atom. The highest BCUT2D eigenvalue weighted by Crippen LogP contribution is 2.29. The van der Waals surface area contributed by atoms with Crippen molar-refractivity contribution in [1.29, 1.82) is 5.26 Å². The van der Waals surface area contributed by atoms with Crippen LogP contribution >= 0.6 is 0 Å². The van der Waals surface area contributed by atoms with Crippen LogP contribution in [-0.4, -0.2) is 32.5 Å². The number of methoxy groups -OCH3 is 1. The van der Waals surface area contributed by atoms with Crippen LogP contribution in [0, 0.1) is 28.9 Å². The van der Waals surface area contributed by atoms with E-state index in [9.17, 15) is 17.4 Å². The second kappa shape index (κ2) is 8.97. The van der Waals surface area contributed by atoms with Gasteiger partial charge in [0.2, 0.25) is 12.1 Å². The van der Waals surface area contributed by atoms with Crippen molar-refractivity contribution >= 4 is 21.4 Å². The van der Waals surface area contributed by atoms with Crippen molar-refractivity contribution in [3.05, 3.63) is 59.7 Å². The van der Waals surface area contributed by atoms with Crippen molar-refractivity contribution < 1.29 is 22.1 Å². The molecule has 0 radical (unpaired) electrons. The predicted octanol–water partition coefficient (Wildman–Crippen LogP) is 3.79. The standard InChI is InChI=1S/C19H15F3N6O2S/c1-30-16-4-3-12(20)6-14(16)18-24-10-25-19(28-18)27-13-5-11(17(22)15(21)7-13)8-31(2,29)26-9-23/h3-7,10H,8H2,1-2H3,(H,24,25,27,28). The van der Waals surface area contributed by atoms with Gasteiger partial charge in [0.05, 0.1) is 28.2 Å². The van der Waals surface area contributed by atoms with Gasteiger partial charge in [-0.05, 0) is 24.3 Å². The molecule has 2 aromatic carbocycles. The van der Waals surface area contributed by atoms with Crippen molar-refractivity contribution in [3.8, 4) is 23.3 Å². The van der Waals surface area contributed by atoms with E-state index in [4.69, 9.17) is 10.00 Å². The van der Waals surface area contributed by atoms with E-state index in [1.165, 1.54) is 37.6 Å². The number of hydrogen-bond acceptors (Lipinski definition) is 8. The third-order valence-electron chi connectivity index (χ3n) is 3.99. The molecule has 0 bridgehead atoms. The molecule has 3 aromatic rings. The summed E-state index contributed by atoms with van der Waals surface area (Å²) >= 11 is 0. The van der Waals surface area contributed by atoms with Gasteiger partial charge in [-0.2, -0.15) is 10.2 Å². The first kappa shape index (κ1) is 22.0. The summed E-state index contributed by atoms with van der Waals surface area (Å²) in [6.07, 6.45) is 3.72. The van der Waals surface area contributed by atoms with E-state index in [1.54, 1.807) is 0 Å². The van der Waals surface area contributed by atoms with Gasteiger partial charge in [-0.25, -0.2) is 27.3 Å². The number of aromatic nitrogens is 3. The lowest BCUT2D eigenvalue weighted by molar-refractivity contribution is 0.415. The Morgan fingerprint density at radius 3 is 2.71 bits per heavy atom. The second-order valence-corrected chi connectivity index (χ2v) is 8.72. The fourth-order valence-corrected chi connectivity index (χ4v) is 3.73. The van der Waals surface area contributed by atoms with Gasteiger partial charge in [0.1, 0.15) is 17.9 Å². The molecule has 0 aliphatic carbocycles. The molecule has 1 heterocycles. The summed E-state index contributed by atoms with van der Waals surface area (Å²) in [5.41, 5.74) is 0.0854. The van der Waals surface area contributed by atoms with Crippen LogP contribution in [0.15, 0.2) is 41.0 Å². The molecule has 0 saturated heterocycles. The van der Waals surface area contributed by atoms with Crippen molar-refractivity contribution in [2.75, 3.05) is 18.7 Å². The molecule has 8 nitrogen and oxygen atoms in total. The summed E-state index contributed by atoms with van der Waals surface area (Å²) in [6, 6.07) is 5.89. The average Bonchev–Trinajstić information content (AvgIpc) is 2.71. The highest BCUT2D eigenvalue weighted by molar-refractivity contribution is 7.92. The van der Waals surface area contributed by atoms with Crippen LogP contribution in [0.4, 0.5) is 24.8 Å². The van der Waals surface area contributed by atoms with Gasteiger partial charge in [-0.1, -0.05) is 0 Å². The van der Waals surface area contributed by atoms with Gasteiger partial charge in [0.25, 0.3) is 0 Å². The van der Waals surface area contributed by atoms with E-state index in [2.05, 4.69) is 24.6 Å². The average molecular weight is 448 g/mol. The first-order valence-corrected chi connectivity index (χ1v) is 10.7. The van der Waals surface area contributed by atoms with Crippen molar-refractivity contribution in [1.82, 2.24) is 15.0 Å². The lowest BCUT2D eigenvalue weighted by Gasteiger charge is -2.11. The Labute approximate surface area is 175 Å². The lowest BCUT2D eigenvalue weighted by Crippen LogP contribution is -2.07. The summed E-state index contributed by atoms with van der Waals surface area (Å²) < 4.78 is 62.5. The Balaban J connectivity index is 1.97. The number of hydrogen-bond donors (Lipinski definition) is 1. The largest absolute Gasteiger partial charge is 0.496 e. The van der Waals surface area contributed by atoms with Crippen LogP contribution in [0.5, 0.6) is 5.75 Å². The van der Waals surface area contributed by atoms with Crippen LogP contribution in [-0.2, 0) is 15.5 Å². The maximum Gasteiger partial charge on any atom is 0.230 e. The van der Waals surface area contributed by atoms with Gasteiger partial charge >= 0.3 is 0 Å². The van der Waals surface area contributed by atoms with Crippen LogP contribution in [0.25, 0.3) is 11.4 Å². The number of anilines is 2. The lowest BCUT2D eigenvalue weighted by atomic mass is 10.2. The maximum atomic E-state index is 14.2. The fraction of sp³-hybridized carbons (Fsp3) is 0.158. The number of nitrogens with one attached hydrogen (secondary N) is 1. The van der Waals surface area contributed by atoms with Gasteiger partial charge in [0.15, 0.2) is 17.5 Å². The fourth-order valence-electron chi connectivity index (χ4n) is 2.70. The monoisotopic (exact) mass is 448 g/mol. The molecule has 1 atom stereocenters. The van der Waals surface area contributed by atoms with Gasteiger partial charge in [-0.15, -0.1) is 4.36 Å². The number of benzene rings is 2. The van der Waals surface area contributed by atoms with Crippen molar-refractivity contribution in [2.45, 2.75) is 5.75 Å². The molecule has 1 aromatic heterocycles. The third-order valence-corrected chi connectivity index (χ3v) is 5.31.